The average Bonchev–Trinajstić information content (AvgIpc) is 2.41. The second-order valence-electron chi connectivity index (χ2n) is 4.79. The third-order valence-electron chi connectivity index (χ3n) is 3.16. The first kappa shape index (κ1) is 15.8. The van der Waals surface area contributed by atoms with Crippen LogP contribution < -0.4 is 0 Å². The van der Waals surface area contributed by atoms with Crippen molar-refractivity contribution in [3.63, 3.8) is 0 Å². The Balaban J connectivity index is 2.09. The number of hydrogen-bond acceptors (Lipinski definition) is 0. The molecule has 4 heteroatoms. The SMILES string of the molecule is Fc1ccc(CC(CBr)Cc2cccc(Cl)c2)c(Cl)c1. The molecule has 0 spiro atoms. The van der Waals surface area contributed by atoms with Crippen molar-refractivity contribution in [1.82, 2.24) is 0 Å². The van der Waals surface area contributed by atoms with Crippen molar-refractivity contribution in [2.75, 3.05) is 5.33 Å². The molecule has 2 rings (SSSR count). The van der Waals surface area contributed by atoms with E-state index in [-0.39, 0.29) is 5.82 Å². The van der Waals surface area contributed by atoms with Crippen molar-refractivity contribution >= 4 is 39.1 Å². The van der Waals surface area contributed by atoms with Crippen molar-refractivity contribution < 1.29 is 4.39 Å². The Morgan fingerprint density at radius 3 is 2.50 bits per heavy atom. The van der Waals surface area contributed by atoms with Crippen LogP contribution in [0.5, 0.6) is 0 Å². The third kappa shape index (κ3) is 4.47. The molecule has 0 saturated carbocycles. The summed E-state index contributed by atoms with van der Waals surface area (Å²) in [6.07, 6.45) is 1.70. The van der Waals surface area contributed by atoms with Gasteiger partial charge in [0.05, 0.1) is 0 Å². The summed E-state index contributed by atoms with van der Waals surface area (Å²) in [6.45, 7) is 0. The fourth-order valence-electron chi connectivity index (χ4n) is 2.18. The van der Waals surface area contributed by atoms with Gasteiger partial charge in [-0.15, -0.1) is 0 Å². The van der Waals surface area contributed by atoms with E-state index in [0.717, 1.165) is 28.8 Å². The van der Waals surface area contributed by atoms with Crippen LogP contribution in [0.15, 0.2) is 42.5 Å². The van der Waals surface area contributed by atoms with E-state index < -0.39 is 0 Å². The number of rotatable bonds is 5. The smallest absolute Gasteiger partial charge is 0.124 e. The first-order valence-corrected chi connectivity index (χ1v) is 8.20. The summed E-state index contributed by atoms with van der Waals surface area (Å²) < 4.78 is 13.0. The highest BCUT2D eigenvalue weighted by molar-refractivity contribution is 9.09. The molecule has 2 aromatic carbocycles. The minimum atomic E-state index is -0.302. The Kier molecular flexibility index (Phi) is 5.88. The zero-order valence-electron chi connectivity index (χ0n) is 10.8. The van der Waals surface area contributed by atoms with Crippen molar-refractivity contribution in [2.45, 2.75) is 12.8 Å². The van der Waals surface area contributed by atoms with E-state index in [9.17, 15) is 4.39 Å². The van der Waals surface area contributed by atoms with Gasteiger partial charge in [-0.1, -0.05) is 57.3 Å². The predicted octanol–water partition coefficient (Wildman–Crippen LogP) is 5.93. The lowest BCUT2D eigenvalue weighted by Crippen LogP contribution is -2.10. The van der Waals surface area contributed by atoms with Gasteiger partial charge in [0.25, 0.3) is 0 Å². The maximum absolute atomic E-state index is 13.0. The summed E-state index contributed by atoms with van der Waals surface area (Å²) in [5, 5.41) is 2.09. The summed E-state index contributed by atoms with van der Waals surface area (Å²) in [4.78, 5) is 0. The van der Waals surface area contributed by atoms with E-state index in [0.29, 0.717) is 10.9 Å². The van der Waals surface area contributed by atoms with E-state index >= 15 is 0 Å². The van der Waals surface area contributed by atoms with Gasteiger partial charge in [0.2, 0.25) is 0 Å². The molecule has 1 atom stereocenters. The van der Waals surface area contributed by atoms with Gasteiger partial charge in [-0.05, 0) is 54.2 Å². The molecule has 0 radical (unpaired) electrons. The van der Waals surface area contributed by atoms with Crippen LogP contribution in [0, 0.1) is 11.7 Å². The van der Waals surface area contributed by atoms with E-state index in [2.05, 4.69) is 22.0 Å². The molecular weight excluding hydrogens is 362 g/mol. The zero-order chi connectivity index (χ0) is 14.5. The Hall–Kier alpha value is -0.570. The maximum atomic E-state index is 13.0. The molecule has 0 aromatic heterocycles. The molecule has 0 aliphatic heterocycles. The highest BCUT2D eigenvalue weighted by Crippen LogP contribution is 2.24. The number of halogens is 4. The Morgan fingerprint density at radius 1 is 1.05 bits per heavy atom. The van der Waals surface area contributed by atoms with E-state index in [1.54, 1.807) is 6.07 Å². The van der Waals surface area contributed by atoms with Crippen LogP contribution in [0.3, 0.4) is 0 Å². The summed E-state index contributed by atoms with van der Waals surface area (Å²) in [5.41, 5.74) is 2.17. The fourth-order valence-corrected chi connectivity index (χ4v) is 3.09. The van der Waals surface area contributed by atoms with Gasteiger partial charge in [0, 0.05) is 15.4 Å². The highest BCUT2D eigenvalue weighted by atomic mass is 79.9. The summed E-state index contributed by atoms with van der Waals surface area (Å²) >= 11 is 15.6. The van der Waals surface area contributed by atoms with Crippen LogP contribution in [0.2, 0.25) is 10.0 Å². The number of hydrogen-bond donors (Lipinski definition) is 0. The molecule has 0 aliphatic rings. The third-order valence-corrected chi connectivity index (χ3v) is 4.66. The molecule has 0 N–H and O–H groups in total. The number of benzene rings is 2. The minimum absolute atomic E-state index is 0.302. The standard InChI is InChI=1S/C16H14BrCl2F/c17-10-12(6-11-2-1-3-14(18)8-11)7-13-4-5-15(20)9-16(13)19/h1-5,8-9,12H,6-7,10H2. The Labute approximate surface area is 137 Å². The largest absolute Gasteiger partial charge is 0.207 e. The summed E-state index contributed by atoms with van der Waals surface area (Å²) in [6, 6.07) is 12.4. The summed E-state index contributed by atoms with van der Waals surface area (Å²) in [7, 11) is 0. The maximum Gasteiger partial charge on any atom is 0.124 e. The summed E-state index contributed by atoms with van der Waals surface area (Å²) in [5.74, 6) is 0.0837. The Morgan fingerprint density at radius 2 is 1.85 bits per heavy atom. The van der Waals surface area contributed by atoms with Crippen molar-refractivity contribution in [3.8, 4) is 0 Å². The fraction of sp³-hybridized carbons (Fsp3) is 0.250. The van der Waals surface area contributed by atoms with Crippen LogP contribution in [-0.4, -0.2) is 5.33 Å². The van der Waals surface area contributed by atoms with Gasteiger partial charge in [0.15, 0.2) is 0 Å². The lowest BCUT2D eigenvalue weighted by Gasteiger charge is -2.15. The van der Waals surface area contributed by atoms with Crippen molar-refractivity contribution in [3.05, 3.63) is 69.5 Å². The normalized spacial score (nSPS) is 12.4. The topological polar surface area (TPSA) is 0 Å². The van der Waals surface area contributed by atoms with E-state index in [1.165, 1.54) is 17.7 Å². The van der Waals surface area contributed by atoms with Crippen LogP contribution >= 0.6 is 39.1 Å². The lowest BCUT2D eigenvalue weighted by molar-refractivity contribution is 0.588. The zero-order valence-corrected chi connectivity index (χ0v) is 13.8. The van der Waals surface area contributed by atoms with Crippen molar-refractivity contribution in [2.24, 2.45) is 5.92 Å². The van der Waals surface area contributed by atoms with Gasteiger partial charge < -0.3 is 0 Å². The van der Waals surface area contributed by atoms with Crippen LogP contribution in [-0.2, 0) is 12.8 Å². The molecule has 20 heavy (non-hydrogen) atoms. The molecule has 0 amide bonds. The number of alkyl halides is 1. The molecule has 0 heterocycles. The second kappa shape index (κ2) is 7.44. The van der Waals surface area contributed by atoms with Gasteiger partial charge >= 0.3 is 0 Å². The average molecular weight is 376 g/mol. The van der Waals surface area contributed by atoms with Crippen molar-refractivity contribution in [1.29, 1.82) is 0 Å². The monoisotopic (exact) mass is 374 g/mol. The highest BCUT2D eigenvalue weighted by Gasteiger charge is 2.12. The molecule has 0 bridgehead atoms. The lowest BCUT2D eigenvalue weighted by atomic mass is 9.94. The van der Waals surface area contributed by atoms with Gasteiger partial charge in [-0.25, -0.2) is 4.39 Å². The van der Waals surface area contributed by atoms with E-state index in [4.69, 9.17) is 23.2 Å². The van der Waals surface area contributed by atoms with Gasteiger partial charge in [0.1, 0.15) is 5.82 Å². The predicted molar refractivity (Wildman–Crippen MR) is 87.6 cm³/mol. The first-order chi connectivity index (χ1) is 9.58. The molecule has 2 aromatic rings. The molecule has 0 fully saturated rings. The molecular formula is C16H14BrCl2F. The van der Waals surface area contributed by atoms with Crippen LogP contribution in [0.25, 0.3) is 0 Å². The Bertz CT molecular complexity index is 586. The van der Waals surface area contributed by atoms with Gasteiger partial charge in [-0.2, -0.15) is 0 Å². The van der Waals surface area contributed by atoms with Crippen LogP contribution in [0.4, 0.5) is 4.39 Å². The molecule has 0 nitrogen and oxygen atoms in total. The van der Waals surface area contributed by atoms with E-state index in [1.807, 2.05) is 18.2 Å². The minimum Gasteiger partial charge on any atom is -0.207 e. The molecule has 1 unspecified atom stereocenters. The molecule has 106 valence electrons. The molecule has 0 saturated heterocycles. The van der Waals surface area contributed by atoms with Crippen LogP contribution in [0.1, 0.15) is 11.1 Å². The van der Waals surface area contributed by atoms with Gasteiger partial charge in [-0.3, -0.25) is 0 Å². The quantitative estimate of drug-likeness (QED) is 0.568. The second-order valence-corrected chi connectivity index (χ2v) is 6.29. The molecule has 0 aliphatic carbocycles. The first-order valence-electron chi connectivity index (χ1n) is 6.33.